The fourth-order valence-electron chi connectivity index (χ4n) is 16.6. The molecule has 0 spiro atoms. The van der Waals surface area contributed by atoms with Gasteiger partial charge in [0.05, 0.1) is 55.1 Å². The van der Waals surface area contributed by atoms with Gasteiger partial charge in [-0.15, -0.1) is 0 Å². The molecule has 0 saturated heterocycles. The van der Waals surface area contributed by atoms with Crippen LogP contribution in [0.25, 0.3) is 155 Å². The quantitative estimate of drug-likeness (QED) is 0.0581. The van der Waals surface area contributed by atoms with Gasteiger partial charge >= 0.3 is 0 Å². The first-order chi connectivity index (χ1) is 71.5. The van der Waals surface area contributed by atoms with Crippen molar-refractivity contribution in [3.05, 3.63) is 491 Å². The van der Waals surface area contributed by atoms with Crippen LogP contribution in [0.2, 0.25) is 0 Å². The maximum absolute atomic E-state index is 14.1. The first-order valence-electron chi connectivity index (χ1n) is 45.6. The van der Waals surface area contributed by atoms with Crippen molar-refractivity contribution in [2.75, 3.05) is 0 Å². The Labute approximate surface area is 854 Å². The number of rotatable bonds is 14. The van der Waals surface area contributed by atoms with E-state index in [-0.39, 0.29) is 160 Å². The number of halogens is 13. The van der Waals surface area contributed by atoms with E-state index in [1.54, 1.807) is 73.7 Å². The van der Waals surface area contributed by atoms with Gasteiger partial charge in [0.1, 0.15) is 176 Å². The van der Waals surface area contributed by atoms with Crippen LogP contribution in [0.3, 0.4) is 0 Å². The molecule has 0 fully saturated rings. The molecule has 0 amide bonds. The van der Waals surface area contributed by atoms with Gasteiger partial charge in [-0.3, -0.25) is 43.2 Å². The maximum Gasteiger partial charge on any atom is 0.204 e. The van der Waals surface area contributed by atoms with Crippen LogP contribution >= 0.6 is 31.9 Å². The first kappa shape index (κ1) is 106. The van der Waals surface area contributed by atoms with Gasteiger partial charge in [0.15, 0.2) is 23.1 Å². The lowest BCUT2D eigenvalue weighted by Crippen LogP contribution is -2.17. The Morgan fingerprint density at radius 3 is 0.839 bits per heavy atom. The highest BCUT2D eigenvalue weighted by Gasteiger charge is 2.30. The third kappa shape index (κ3) is 22.8. The Morgan fingerprint density at radius 1 is 0.295 bits per heavy atom. The van der Waals surface area contributed by atoms with Crippen molar-refractivity contribution >= 4 is 120 Å². The second-order valence-corrected chi connectivity index (χ2v) is 35.3. The highest BCUT2D eigenvalue weighted by molar-refractivity contribution is 9.09. The Bertz CT molecular complexity index is 9210. The number of hydrogen-bond donors (Lipinski definition) is 2. The molecule has 3 unspecified atom stereocenters. The average molecular weight is 2150 g/mol. The molecule has 3 N–H and O–H groups in total. The molecule has 149 heavy (non-hydrogen) atoms. The van der Waals surface area contributed by atoms with Crippen LogP contribution in [-0.2, 0) is 5.33 Å². The number of carbonyl (C=O) groups excluding carboxylic acids is 2. The number of nitrogens with two attached hydrogens (primary N) is 1. The topological polar surface area (TPSA) is 292 Å². The first-order valence-corrected chi connectivity index (χ1v) is 47.6. The zero-order chi connectivity index (χ0) is 107. The van der Waals surface area contributed by atoms with Crippen molar-refractivity contribution < 1.29 is 93.9 Å². The van der Waals surface area contributed by atoms with Crippen LogP contribution in [-0.4, -0.2) is 16.7 Å². The summed E-state index contributed by atoms with van der Waals surface area (Å²) in [4.78, 5) is 112. The molecule has 31 heteroatoms. The van der Waals surface area contributed by atoms with Crippen molar-refractivity contribution in [3.8, 4) is 77.9 Å². The van der Waals surface area contributed by atoms with Crippen molar-refractivity contribution in [2.24, 2.45) is 5.73 Å². The molecule has 3 atom stereocenters. The Morgan fingerprint density at radius 2 is 0.530 bits per heavy atom. The Balaban J connectivity index is 0.000000130. The number of carbonyl (C=O) groups is 2. The van der Waals surface area contributed by atoms with E-state index in [1.807, 2.05) is 62.4 Å². The van der Waals surface area contributed by atoms with Gasteiger partial charge in [-0.25, -0.2) is 48.3 Å². The van der Waals surface area contributed by atoms with E-state index >= 15 is 0 Å². The largest absolute Gasteiger partial charge is 0.460 e. The van der Waals surface area contributed by atoms with E-state index in [1.165, 1.54) is 197 Å². The minimum atomic E-state index is -1.10. The molecule has 14 aromatic carbocycles. The molecule has 21 aromatic rings. The second-order valence-electron chi connectivity index (χ2n) is 33.4. The molecule has 0 saturated carbocycles. The Kier molecular flexibility index (Phi) is 33.2. The van der Waals surface area contributed by atoms with Crippen LogP contribution in [0.5, 0.6) is 0 Å². The maximum atomic E-state index is 14.1. The molecular weight excluding hydrogens is 2070 g/mol. The SMILES string of the molecule is CC(=O)c1oc2cccc(F)c2c(=O)c1-c1cccc(F)c1.CC(=O)c1oc2cccc(F)c2c(=O)c1-c1ccccc1.CC(Br)c1oc2cccc(F)c2c(=O)c1-c1ccccc1.CC(O)c1oc2cccc(F)c2c(=O)c1-c1cccc(F)c1.CCC(N)c1oc2cccc(F)c2c(=O)c1-c1ccccc1.Cc1oc2cccc(F)c2c(=O)c1-c1cccc(F)c1.O=c1c(-c2cccc(F)c2)c(CBr)oc2cccc(F)c12. The molecule has 18 nitrogen and oxygen atoms in total. The molecule has 0 aliphatic carbocycles. The van der Waals surface area contributed by atoms with Gasteiger partial charge in [0.2, 0.25) is 38.0 Å². The van der Waals surface area contributed by atoms with E-state index in [0.717, 1.165) is 29.8 Å². The third-order valence-electron chi connectivity index (χ3n) is 23.3. The van der Waals surface area contributed by atoms with Crippen LogP contribution in [0.4, 0.5) is 48.3 Å². The van der Waals surface area contributed by atoms with Gasteiger partial charge < -0.3 is 41.8 Å². The lowest BCUT2D eigenvalue weighted by atomic mass is 9.98. The number of fused-ring (bicyclic) bond motifs is 7. The van der Waals surface area contributed by atoms with Crippen molar-refractivity contribution in [2.45, 2.75) is 70.3 Å². The average Bonchev–Trinajstić information content (AvgIpc) is 0.810. The molecule has 7 aromatic heterocycles. The van der Waals surface area contributed by atoms with E-state index in [2.05, 4.69) is 31.9 Å². The van der Waals surface area contributed by atoms with Gasteiger partial charge in [-0.1, -0.05) is 221 Å². The summed E-state index contributed by atoms with van der Waals surface area (Å²) in [6.07, 6.45) is -0.484. The molecule has 750 valence electrons. The number of Topliss-reactive ketones (excluding diaryl/α,β-unsaturated/α-hetero) is 2. The van der Waals surface area contributed by atoms with Gasteiger partial charge in [0, 0.05) is 13.8 Å². The molecule has 0 bridgehead atoms. The fourth-order valence-corrected chi connectivity index (χ4v) is 17.3. The molecule has 21 rings (SSSR count). The number of alkyl halides is 2. The highest BCUT2D eigenvalue weighted by Crippen LogP contribution is 2.39. The number of hydrogen-bond acceptors (Lipinski definition) is 18. The van der Waals surface area contributed by atoms with Crippen molar-refractivity contribution in [1.29, 1.82) is 0 Å². The minimum Gasteiger partial charge on any atom is -0.460 e. The summed E-state index contributed by atoms with van der Waals surface area (Å²) < 4.78 is 190. The van der Waals surface area contributed by atoms with Gasteiger partial charge in [-0.2, -0.15) is 0 Å². The van der Waals surface area contributed by atoms with Crippen molar-refractivity contribution in [1.82, 2.24) is 0 Å². The van der Waals surface area contributed by atoms with Crippen LogP contribution in [0, 0.1) is 70.9 Å². The van der Waals surface area contributed by atoms with E-state index in [4.69, 9.17) is 36.7 Å². The summed E-state index contributed by atoms with van der Waals surface area (Å²) in [5.74, 6) is -6.21. The standard InChI is InChI=1S/C18H16FNO2.C17H12BrFO2.C17H12F2O3.C17H10F2O3.C17H11FO3.C16H9BrF2O2.C16H10F2O2/c1-2-13(20)18-15(11-7-4-3-5-8-11)17(21)16-12(19)9-6-10-14(16)22-18;1-10(18)17-14(11-6-3-2-4-7-11)16(20)15-12(19)8-5-9-13(15)21-17;2*1-9(20)17-14(10-4-2-5-11(18)8-10)16(21)15-12(19)6-3-7-13(15)22-17;1-10(19)17-14(11-6-3-2-4-7-11)16(20)15-12(18)8-5-9-13(15)21-17;17-8-13-14(9-3-1-4-10(18)7-9)16(20)15-11(19)5-2-6-12(15)21-13;1-9-14(10-4-2-5-11(17)8-10)16(19)15-12(18)6-3-7-13(15)20-9/h3-10,13H,2,20H2,1H3;2-10H,1H3;2-9,20H,1H3;2-8H,1H3;2-9H,1H3;1-7H,8H2;2-8H,1H3. The normalized spacial score (nSPS) is 11.6. The van der Waals surface area contributed by atoms with E-state index in [0.29, 0.717) is 62.8 Å². The molecule has 7 heterocycles. The van der Waals surface area contributed by atoms with Crippen LogP contribution in [0.1, 0.15) is 108 Å². The smallest absolute Gasteiger partial charge is 0.204 e. The monoisotopic (exact) mass is 2150 g/mol. The van der Waals surface area contributed by atoms with E-state index in [9.17, 15) is 96.6 Å². The summed E-state index contributed by atoms with van der Waals surface area (Å²) in [5, 5.41) is 9.24. The lowest BCUT2D eigenvalue weighted by Gasteiger charge is -2.14. The summed E-state index contributed by atoms with van der Waals surface area (Å²) in [7, 11) is 0. The third-order valence-corrected chi connectivity index (χ3v) is 24.3. The predicted molar refractivity (Wildman–Crippen MR) is 558 cm³/mol. The van der Waals surface area contributed by atoms with Gasteiger partial charge in [0.25, 0.3) is 0 Å². The van der Waals surface area contributed by atoms with Crippen molar-refractivity contribution in [3.63, 3.8) is 0 Å². The summed E-state index contributed by atoms with van der Waals surface area (Å²) in [5.41, 5.74) is 7.55. The molecule has 0 radical (unpaired) electrons. The van der Waals surface area contributed by atoms with E-state index < -0.39 is 109 Å². The highest BCUT2D eigenvalue weighted by atomic mass is 79.9. The summed E-state index contributed by atoms with van der Waals surface area (Å²) in [6.45, 7) is 9.35. The number of aryl methyl sites for hydroxylation is 1. The number of aliphatic hydroxyl groups excluding tert-OH is 1. The number of aliphatic hydroxyl groups is 1. The second kappa shape index (κ2) is 46.6. The zero-order valence-electron chi connectivity index (χ0n) is 79.1. The zero-order valence-corrected chi connectivity index (χ0v) is 82.3. The van der Waals surface area contributed by atoms with Crippen LogP contribution < -0.4 is 43.7 Å². The molecule has 0 aliphatic heterocycles. The number of ketones is 2. The van der Waals surface area contributed by atoms with Crippen LogP contribution in [0.15, 0.2) is 380 Å². The fraction of sp³-hybridized carbons (Fsp3) is 0.0932. The molecule has 0 aliphatic rings. The summed E-state index contributed by atoms with van der Waals surface area (Å²) in [6, 6.07) is 77.4. The number of benzene rings is 14. The summed E-state index contributed by atoms with van der Waals surface area (Å²) >= 11 is 6.69. The lowest BCUT2D eigenvalue weighted by molar-refractivity contribution is 0.0981. The molecular formula is C118H80Br2F11NO17. The predicted octanol–water partition coefficient (Wildman–Crippen LogP) is 29.3. The van der Waals surface area contributed by atoms with Gasteiger partial charge in [-0.05, 0) is 200 Å². The minimum absolute atomic E-state index is 0.00625. The Hall–Kier alpha value is -17.0.